The van der Waals surface area contributed by atoms with Crippen LogP contribution in [0.1, 0.15) is 32.0 Å². The first-order valence-corrected chi connectivity index (χ1v) is 8.17. The molecule has 0 atom stereocenters. The molecule has 0 aliphatic rings. The van der Waals surface area contributed by atoms with Gasteiger partial charge in [-0.05, 0) is 35.4 Å². The third-order valence-electron chi connectivity index (χ3n) is 3.75. The minimum absolute atomic E-state index is 0.200. The van der Waals surface area contributed by atoms with Crippen LogP contribution < -0.4 is 10.6 Å². The lowest BCUT2D eigenvalue weighted by Gasteiger charge is -2.08. The van der Waals surface area contributed by atoms with Crippen LogP contribution in [0.3, 0.4) is 0 Å². The zero-order valence-electron chi connectivity index (χ0n) is 14.1. The SMILES string of the molecule is O=C(NCc1ccccc1)c1ccnc(C(=O)NCc2ccncc2)c1. The summed E-state index contributed by atoms with van der Waals surface area (Å²) in [5, 5.41) is 5.61. The Labute approximate surface area is 151 Å². The van der Waals surface area contributed by atoms with Crippen LogP contribution in [0.2, 0.25) is 0 Å². The summed E-state index contributed by atoms with van der Waals surface area (Å²) in [6.07, 6.45) is 4.79. The molecule has 0 saturated carbocycles. The summed E-state index contributed by atoms with van der Waals surface area (Å²) < 4.78 is 0. The van der Waals surface area contributed by atoms with Crippen LogP contribution in [-0.4, -0.2) is 21.8 Å². The summed E-state index contributed by atoms with van der Waals surface area (Å²) in [5.41, 5.74) is 2.53. The predicted molar refractivity (Wildman–Crippen MR) is 97.3 cm³/mol. The third kappa shape index (κ3) is 4.73. The molecule has 0 fully saturated rings. The summed E-state index contributed by atoms with van der Waals surface area (Å²) in [6, 6.07) is 16.3. The van der Waals surface area contributed by atoms with E-state index in [-0.39, 0.29) is 17.5 Å². The van der Waals surface area contributed by atoms with Crippen LogP contribution in [-0.2, 0) is 13.1 Å². The van der Waals surface area contributed by atoms with Crippen LogP contribution in [0.5, 0.6) is 0 Å². The van der Waals surface area contributed by atoms with Gasteiger partial charge in [0.15, 0.2) is 0 Å². The van der Waals surface area contributed by atoms with Crippen molar-refractivity contribution in [2.45, 2.75) is 13.1 Å². The summed E-state index contributed by atoms with van der Waals surface area (Å²) in [5.74, 6) is -0.584. The number of carbonyl (C=O) groups excluding carboxylic acids is 2. The molecule has 0 aliphatic carbocycles. The lowest BCUT2D eigenvalue weighted by Crippen LogP contribution is -2.26. The molecule has 6 nitrogen and oxygen atoms in total. The number of nitrogens with zero attached hydrogens (tertiary/aromatic N) is 2. The molecule has 2 heterocycles. The van der Waals surface area contributed by atoms with Gasteiger partial charge >= 0.3 is 0 Å². The third-order valence-corrected chi connectivity index (χ3v) is 3.75. The second kappa shape index (κ2) is 8.53. The van der Waals surface area contributed by atoms with E-state index in [0.29, 0.717) is 18.7 Å². The smallest absolute Gasteiger partial charge is 0.270 e. The Morgan fingerprint density at radius 2 is 1.42 bits per heavy atom. The van der Waals surface area contributed by atoms with E-state index in [2.05, 4.69) is 20.6 Å². The van der Waals surface area contributed by atoms with Crippen LogP contribution in [0.4, 0.5) is 0 Å². The van der Waals surface area contributed by atoms with Crippen molar-refractivity contribution in [2.75, 3.05) is 0 Å². The van der Waals surface area contributed by atoms with E-state index in [1.807, 2.05) is 42.5 Å². The quantitative estimate of drug-likeness (QED) is 0.717. The Kier molecular flexibility index (Phi) is 5.67. The molecular weight excluding hydrogens is 328 g/mol. The van der Waals surface area contributed by atoms with E-state index in [0.717, 1.165) is 11.1 Å². The first kappa shape index (κ1) is 17.3. The molecule has 2 amide bonds. The Hall–Kier alpha value is -3.54. The number of pyridine rings is 2. The number of hydrogen-bond acceptors (Lipinski definition) is 4. The Morgan fingerprint density at radius 3 is 2.15 bits per heavy atom. The molecule has 0 radical (unpaired) electrons. The minimum atomic E-state index is -0.334. The molecule has 0 aliphatic heterocycles. The fourth-order valence-electron chi connectivity index (χ4n) is 2.35. The Bertz CT molecular complexity index is 812. The molecule has 6 heteroatoms. The topological polar surface area (TPSA) is 84.0 Å². The van der Waals surface area contributed by atoms with Gasteiger partial charge in [-0.15, -0.1) is 0 Å². The molecular formula is C20H18N4O2. The highest BCUT2D eigenvalue weighted by atomic mass is 16.2. The highest BCUT2D eigenvalue weighted by Gasteiger charge is 2.11. The maximum atomic E-state index is 12.3. The van der Waals surface area contributed by atoms with Crippen molar-refractivity contribution in [2.24, 2.45) is 0 Å². The van der Waals surface area contributed by atoms with E-state index in [1.54, 1.807) is 18.5 Å². The van der Waals surface area contributed by atoms with Gasteiger partial charge < -0.3 is 10.6 Å². The molecule has 130 valence electrons. The number of aromatic nitrogens is 2. The zero-order valence-corrected chi connectivity index (χ0v) is 14.1. The van der Waals surface area contributed by atoms with Crippen molar-refractivity contribution in [3.63, 3.8) is 0 Å². The molecule has 3 aromatic rings. The number of nitrogens with one attached hydrogen (secondary N) is 2. The monoisotopic (exact) mass is 346 g/mol. The number of benzene rings is 1. The standard InChI is InChI=1S/C20H18N4O2/c25-19(23-13-15-4-2-1-3-5-15)17-8-11-22-18(12-17)20(26)24-14-16-6-9-21-10-7-16/h1-12H,13-14H2,(H,23,25)(H,24,26). The molecule has 2 aromatic heterocycles. The highest BCUT2D eigenvalue weighted by molar-refractivity contribution is 5.98. The van der Waals surface area contributed by atoms with Crippen molar-refractivity contribution in [3.8, 4) is 0 Å². The summed E-state index contributed by atoms with van der Waals surface area (Å²) in [6.45, 7) is 0.791. The van der Waals surface area contributed by atoms with E-state index in [4.69, 9.17) is 0 Å². The molecule has 0 spiro atoms. The van der Waals surface area contributed by atoms with Gasteiger partial charge in [0.25, 0.3) is 11.8 Å². The van der Waals surface area contributed by atoms with Gasteiger partial charge in [0.05, 0.1) is 0 Å². The molecule has 0 bridgehead atoms. The molecule has 2 N–H and O–H groups in total. The minimum Gasteiger partial charge on any atom is -0.348 e. The largest absolute Gasteiger partial charge is 0.348 e. The van der Waals surface area contributed by atoms with Crippen molar-refractivity contribution in [1.82, 2.24) is 20.6 Å². The van der Waals surface area contributed by atoms with Gasteiger partial charge in [-0.25, -0.2) is 0 Å². The summed E-state index contributed by atoms with van der Waals surface area (Å²) in [4.78, 5) is 32.5. The van der Waals surface area contributed by atoms with E-state index in [1.165, 1.54) is 12.3 Å². The molecule has 0 saturated heterocycles. The van der Waals surface area contributed by atoms with Gasteiger partial charge in [0, 0.05) is 37.2 Å². The van der Waals surface area contributed by atoms with Crippen molar-refractivity contribution >= 4 is 11.8 Å². The van der Waals surface area contributed by atoms with Crippen molar-refractivity contribution in [3.05, 3.63) is 95.6 Å². The van der Waals surface area contributed by atoms with Gasteiger partial charge in [-0.2, -0.15) is 0 Å². The van der Waals surface area contributed by atoms with Crippen molar-refractivity contribution < 1.29 is 9.59 Å². The molecule has 0 unspecified atom stereocenters. The Morgan fingerprint density at radius 1 is 0.769 bits per heavy atom. The fraction of sp³-hybridized carbons (Fsp3) is 0.100. The highest BCUT2D eigenvalue weighted by Crippen LogP contribution is 2.05. The van der Waals surface area contributed by atoms with E-state index in [9.17, 15) is 9.59 Å². The lowest BCUT2D eigenvalue weighted by molar-refractivity contribution is 0.0946. The number of hydrogen-bond donors (Lipinski definition) is 2. The summed E-state index contributed by atoms with van der Waals surface area (Å²) >= 11 is 0. The zero-order chi connectivity index (χ0) is 18.2. The summed E-state index contributed by atoms with van der Waals surface area (Å²) in [7, 11) is 0. The van der Waals surface area contributed by atoms with Gasteiger partial charge in [0.1, 0.15) is 5.69 Å². The van der Waals surface area contributed by atoms with Gasteiger partial charge in [-0.1, -0.05) is 30.3 Å². The second-order valence-corrected chi connectivity index (χ2v) is 5.64. The lowest BCUT2D eigenvalue weighted by atomic mass is 10.2. The van der Waals surface area contributed by atoms with Crippen LogP contribution in [0, 0.1) is 0 Å². The van der Waals surface area contributed by atoms with Crippen LogP contribution in [0.25, 0.3) is 0 Å². The average molecular weight is 346 g/mol. The maximum Gasteiger partial charge on any atom is 0.270 e. The molecule has 26 heavy (non-hydrogen) atoms. The van der Waals surface area contributed by atoms with Crippen molar-refractivity contribution in [1.29, 1.82) is 0 Å². The van der Waals surface area contributed by atoms with Gasteiger partial charge in [0.2, 0.25) is 0 Å². The Balaban J connectivity index is 1.60. The predicted octanol–water partition coefficient (Wildman–Crippen LogP) is 2.34. The van der Waals surface area contributed by atoms with E-state index >= 15 is 0 Å². The normalized spacial score (nSPS) is 10.2. The van der Waals surface area contributed by atoms with Crippen LogP contribution in [0.15, 0.2) is 73.2 Å². The first-order valence-electron chi connectivity index (χ1n) is 8.17. The average Bonchev–Trinajstić information content (AvgIpc) is 2.72. The van der Waals surface area contributed by atoms with Gasteiger partial charge in [-0.3, -0.25) is 19.6 Å². The molecule has 3 rings (SSSR count). The number of carbonyl (C=O) groups is 2. The maximum absolute atomic E-state index is 12.3. The fourth-order valence-corrected chi connectivity index (χ4v) is 2.35. The number of rotatable bonds is 6. The second-order valence-electron chi connectivity index (χ2n) is 5.64. The molecule has 1 aromatic carbocycles. The number of amides is 2. The van der Waals surface area contributed by atoms with E-state index < -0.39 is 0 Å². The van der Waals surface area contributed by atoms with Crippen LogP contribution >= 0.6 is 0 Å². The first-order chi connectivity index (χ1) is 12.7.